The normalized spacial score (nSPS) is 10.4. The van der Waals surface area contributed by atoms with Gasteiger partial charge in [-0.05, 0) is 24.2 Å². The molecule has 0 fully saturated rings. The molecule has 0 aliphatic carbocycles. The molecule has 0 atom stereocenters. The zero-order chi connectivity index (χ0) is 11.8. The number of oxazole rings is 1. The molecule has 4 nitrogen and oxygen atoms in total. The molecule has 90 valence electrons. The van der Waals surface area contributed by atoms with Crippen LogP contribution in [0.15, 0.2) is 10.8 Å². The Morgan fingerprint density at radius 3 is 2.81 bits per heavy atom. The van der Waals surface area contributed by atoms with Gasteiger partial charge in [0, 0.05) is 6.54 Å². The lowest BCUT2D eigenvalue weighted by molar-refractivity contribution is 0.0924. The highest BCUT2D eigenvalue weighted by Crippen LogP contribution is 2.05. The number of halogens is 1. The first-order valence-corrected chi connectivity index (χ1v) is 7.02. The number of aryl methyl sites for hydroxylation is 1. The molecule has 0 radical (unpaired) electrons. The van der Waals surface area contributed by atoms with Crippen LogP contribution in [0.25, 0.3) is 0 Å². The average Bonchev–Trinajstić information content (AvgIpc) is 2.69. The topological polar surface area (TPSA) is 55.1 Å². The highest BCUT2D eigenvalue weighted by Gasteiger charge is 2.12. The molecule has 1 aromatic rings. The van der Waals surface area contributed by atoms with E-state index < -0.39 is 0 Å². The van der Waals surface area contributed by atoms with Gasteiger partial charge in [-0.25, -0.2) is 4.98 Å². The Hall–Kier alpha value is -0.590. The van der Waals surface area contributed by atoms with E-state index >= 15 is 0 Å². The first kappa shape index (κ1) is 13.5. The van der Waals surface area contributed by atoms with Gasteiger partial charge in [0.05, 0.1) is 5.69 Å². The monoisotopic (exact) mass is 336 g/mol. The van der Waals surface area contributed by atoms with E-state index in [0.717, 1.165) is 6.42 Å². The van der Waals surface area contributed by atoms with E-state index in [1.165, 1.54) is 30.1 Å². The average molecular weight is 336 g/mol. The van der Waals surface area contributed by atoms with Crippen LogP contribution >= 0.6 is 22.6 Å². The molecule has 0 unspecified atom stereocenters. The SMILES string of the molecule is Cc1ncoc1C(=O)NCCCCCCI. The summed E-state index contributed by atoms with van der Waals surface area (Å²) < 4.78 is 6.21. The summed E-state index contributed by atoms with van der Waals surface area (Å²) in [6.45, 7) is 2.47. The van der Waals surface area contributed by atoms with E-state index in [2.05, 4.69) is 32.9 Å². The van der Waals surface area contributed by atoms with E-state index in [9.17, 15) is 4.79 Å². The number of hydrogen-bond donors (Lipinski definition) is 1. The van der Waals surface area contributed by atoms with E-state index in [1.54, 1.807) is 6.92 Å². The van der Waals surface area contributed by atoms with Crippen LogP contribution in [-0.4, -0.2) is 21.9 Å². The molecule has 0 saturated carbocycles. The largest absolute Gasteiger partial charge is 0.438 e. The summed E-state index contributed by atoms with van der Waals surface area (Å²) in [5, 5.41) is 2.83. The van der Waals surface area contributed by atoms with Crippen LogP contribution in [0.2, 0.25) is 0 Å². The Kier molecular flexibility index (Phi) is 6.44. The van der Waals surface area contributed by atoms with Crippen molar-refractivity contribution in [2.75, 3.05) is 11.0 Å². The summed E-state index contributed by atoms with van der Waals surface area (Å²) in [4.78, 5) is 15.4. The maximum Gasteiger partial charge on any atom is 0.288 e. The van der Waals surface area contributed by atoms with Gasteiger partial charge in [0.2, 0.25) is 5.76 Å². The second-order valence-electron chi connectivity index (χ2n) is 3.63. The fraction of sp³-hybridized carbons (Fsp3) is 0.636. The Balaban J connectivity index is 2.14. The number of rotatable bonds is 7. The maximum absolute atomic E-state index is 11.6. The molecule has 1 heterocycles. The minimum absolute atomic E-state index is 0.163. The number of unbranched alkanes of at least 4 members (excludes halogenated alkanes) is 3. The van der Waals surface area contributed by atoms with Crippen LogP contribution in [0.4, 0.5) is 0 Å². The highest BCUT2D eigenvalue weighted by atomic mass is 127. The van der Waals surface area contributed by atoms with Gasteiger partial charge in [0.15, 0.2) is 6.39 Å². The summed E-state index contributed by atoms with van der Waals surface area (Å²) in [6, 6.07) is 0. The van der Waals surface area contributed by atoms with Gasteiger partial charge < -0.3 is 9.73 Å². The van der Waals surface area contributed by atoms with Gasteiger partial charge in [-0.1, -0.05) is 35.4 Å². The third kappa shape index (κ3) is 4.51. The van der Waals surface area contributed by atoms with Gasteiger partial charge in [0.25, 0.3) is 5.91 Å². The van der Waals surface area contributed by atoms with Crippen LogP contribution in [0.3, 0.4) is 0 Å². The van der Waals surface area contributed by atoms with Crippen LogP contribution in [0.5, 0.6) is 0 Å². The Morgan fingerprint density at radius 2 is 2.19 bits per heavy atom. The smallest absolute Gasteiger partial charge is 0.288 e. The van der Waals surface area contributed by atoms with E-state index in [1.807, 2.05) is 0 Å². The molecule has 0 bridgehead atoms. The highest BCUT2D eigenvalue weighted by molar-refractivity contribution is 14.1. The molecule has 0 aliphatic heterocycles. The van der Waals surface area contributed by atoms with E-state index in [-0.39, 0.29) is 5.91 Å². The van der Waals surface area contributed by atoms with Crippen molar-refractivity contribution in [3.8, 4) is 0 Å². The first-order chi connectivity index (χ1) is 7.75. The van der Waals surface area contributed by atoms with Gasteiger partial charge in [0.1, 0.15) is 0 Å². The number of nitrogens with one attached hydrogen (secondary N) is 1. The molecule has 1 amide bonds. The van der Waals surface area contributed by atoms with Crippen LogP contribution in [-0.2, 0) is 0 Å². The third-order valence-electron chi connectivity index (χ3n) is 2.30. The molecule has 16 heavy (non-hydrogen) atoms. The summed E-state index contributed by atoms with van der Waals surface area (Å²) in [5.74, 6) is 0.163. The Bertz CT molecular complexity index is 326. The summed E-state index contributed by atoms with van der Waals surface area (Å²) in [6.07, 6.45) is 5.98. The van der Waals surface area contributed by atoms with Crippen molar-refractivity contribution in [3.05, 3.63) is 17.8 Å². The summed E-state index contributed by atoms with van der Waals surface area (Å²) in [5.41, 5.74) is 0.641. The molecule has 0 aliphatic rings. The maximum atomic E-state index is 11.6. The quantitative estimate of drug-likeness (QED) is 0.473. The Morgan fingerprint density at radius 1 is 1.44 bits per heavy atom. The lowest BCUT2D eigenvalue weighted by atomic mass is 10.2. The lowest BCUT2D eigenvalue weighted by Crippen LogP contribution is -2.24. The van der Waals surface area contributed by atoms with Crippen molar-refractivity contribution in [2.24, 2.45) is 0 Å². The van der Waals surface area contributed by atoms with Crippen molar-refractivity contribution >= 4 is 28.5 Å². The molecule has 1 rings (SSSR count). The fourth-order valence-corrected chi connectivity index (χ4v) is 1.91. The number of carbonyl (C=O) groups excluding carboxylic acids is 1. The van der Waals surface area contributed by atoms with Crippen LogP contribution in [0.1, 0.15) is 41.9 Å². The van der Waals surface area contributed by atoms with Crippen molar-refractivity contribution in [3.63, 3.8) is 0 Å². The molecule has 0 spiro atoms. The van der Waals surface area contributed by atoms with Crippen LogP contribution < -0.4 is 5.32 Å². The number of hydrogen-bond acceptors (Lipinski definition) is 3. The zero-order valence-electron chi connectivity index (χ0n) is 9.46. The lowest BCUT2D eigenvalue weighted by Gasteiger charge is -2.02. The van der Waals surface area contributed by atoms with E-state index in [0.29, 0.717) is 18.0 Å². The number of carbonyl (C=O) groups is 1. The van der Waals surface area contributed by atoms with Gasteiger partial charge in [-0.15, -0.1) is 0 Å². The second-order valence-corrected chi connectivity index (χ2v) is 4.70. The minimum atomic E-state index is -0.163. The van der Waals surface area contributed by atoms with Gasteiger partial charge >= 0.3 is 0 Å². The van der Waals surface area contributed by atoms with Crippen molar-refractivity contribution in [1.29, 1.82) is 0 Å². The van der Waals surface area contributed by atoms with Crippen LogP contribution in [0, 0.1) is 6.92 Å². The van der Waals surface area contributed by atoms with Crippen molar-refractivity contribution in [1.82, 2.24) is 10.3 Å². The molecular weight excluding hydrogens is 319 g/mol. The first-order valence-electron chi connectivity index (χ1n) is 5.50. The minimum Gasteiger partial charge on any atom is -0.438 e. The molecule has 1 N–H and O–H groups in total. The standard InChI is InChI=1S/C11H17IN2O2/c1-9-10(16-8-14-9)11(15)13-7-5-3-2-4-6-12/h8H,2-7H2,1H3,(H,13,15). The van der Waals surface area contributed by atoms with E-state index in [4.69, 9.17) is 4.42 Å². The van der Waals surface area contributed by atoms with Crippen molar-refractivity contribution in [2.45, 2.75) is 32.6 Å². The van der Waals surface area contributed by atoms with Gasteiger partial charge in [-0.2, -0.15) is 0 Å². The number of alkyl halides is 1. The van der Waals surface area contributed by atoms with Gasteiger partial charge in [-0.3, -0.25) is 4.79 Å². The zero-order valence-corrected chi connectivity index (χ0v) is 11.6. The molecule has 0 aromatic carbocycles. The summed E-state index contributed by atoms with van der Waals surface area (Å²) in [7, 11) is 0. The molecule has 5 heteroatoms. The molecule has 0 saturated heterocycles. The predicted molar refractivity (Wildman–Crippen MR) is 70.9 cm³/mol. The molecule has 1 aromatic heterocycles. The summed E-state index contributed by atoms with van der Waals surface area (Å²) >= 11 is 2.38. The molecular formula is C11H17IN2O2. The predicted octanol–water partition coefficient (Wildman–Crippen LogP) is 2.71. The fourth-order valence-electron chi connectivity index (χ4n) is 1.38. The third-order valence-corrected chi connectivity index (χ3v) is 3.06. The second kappa shape index (κ2) is 7.65. The number of amides is 1. The number of aromatic nitrogens is 1. The van der Waals surface area contributed by atoms with Crippen molar-refractivity contribution < 1.29 is 9.21 Å². The Labute approximate surface area is 109 Å². The number of nitrogens with zero attached hydrogens (tertiary/aromatic N) is 1.